The molecule has 0 spiro atoms. The third-order valence-electron chi connectivity index (χ3n) is 1.48. The highest BCUT2D eigenvalue weighted by Crippen LogP contribution is 2.23. The lowest BCUT2D eigenvalue weighted by Gasteiger charge is -2.03. The summed E-state index contributed by atoms with van der Waals surface area (Å²) in [5.41, 5.74) is 5.60. The summed E-state index contributed by atoms with van der Waals surface area (Å²) in [5.74, 6) is -0.444. The number of ether oxygens (including phenoxy) is 1. The lowest BCUT2D eigenvalue weighted by molar-refractivity contribution is -0.137. The molecule has 72 valence electrons. The highest BCUT2D eigenvalue weighted by Gasteiger charge is 2.13. The van der Waals surface area contributed by atoms with Crippen molar-refractivity contribution in [1.82, 2.24) is 4.37 Å². The molecule has 1 aromatic heterocycles. The largest absolute Gasteiger partial charge is 0.481 e. The predicted octanol–water partition coefficient (Wildman–Crippen LogP) is 0.626. The Labute approximate surface area is 79.3 Å². The SMILES string of the molecule is COc1cc(C(N)CC(=O)O)sn1. The van der Waals surface area contributed by atoms with Gasteiger partial charge in [-0.2, -0.15) is 4.37 Å². The third-order valence-corrected chi connectivity index (χ3v) is 2.38. The Kier molecular flexibility index (Phi) is 3.21. The van der Waals surface area contributed by atoms with Gasteiger partial charge < -0.3 is 15.6 Å². The van der Waals surface area contributed by atoms with Crippen molar-refractivity contribution in [2.24, 2.45) is 5.73 Å². The fourth-order valence-electron chi connectivity index (χ4n) is 0.832. The maximum Gasteiger partial charge on any atom is 0.305 e. The molecular weight excluding hydrogens is 192 g/mol. The minimum atomic E-state index is -0.917. The van der Waals surface area contributed by atoms with Crippen LogP contribution in [0.3, 0.4) is 0 Å². The third kappa shape index (κ3) is 2.67. The summed E-state index contributed by atoms with van der Waals surface area (Å²) >= 11 is 1.16. The quantitative estimate of drug-likeness (QED) is 0.747. The second kappa shape index (κ2) is 4.20. The fourth-order valence-corrected chi connectivity index (χ4v) is 1.53. The second-order valence-corrected chi connectivity index (χ2v) is 3.31. The number of rotatable bonds is 4. The van der Waals surface area contributed by atoms with Crippen LogP contribution in [0.15, 0.2) is 6.07 Å². The molecule has 3 N–H and O–H groups in total. The lowest BCUT2D eigenvalue weighted by atomic mass is 10.2. The molecule has 1 unspecified atom stereocenters. The van der Waals surface area contributed by atoms with Crippen LogP contribution in [-0.4, -0.2) is 22.6 Å². The monoisotopic (exact) mass is 202 g/mol. The first-order valence-corrected chi connectivity index (χ1v) is 4.38. The van der Waals surface area contributed by atoms with Gasteiger partial charge in [0, 0.05) is 10.9 Å². The Morgan fingerprint density at radius 1 is 1.92 bits per heavy atom. The zero-order valence-corrected chi connectivity index (χ0v) is 7.87. The number of nitrogens with two attached hydrogens (primary N) is 1. The molecule has 5 nitrogen and oxygen atoms in total. The Morgan fingerprint density at radius 2 is 2.62 bits per heavy atom. The Morgan fingerprint density at radius 3 is 3.08 bits per heavy atom. The minimum absolute atomic E-state index is 0.0919. The van der Waals surface area contributed by atoms with Crippen molar-refractivity contribution in [1.29, 1.82) is 0 Å². The summed E-state index contributed by atoms with van der Waals surface area (Å²) in [7, 11) is 1.50. The van der Waals surface area contributed by atoms with E-state index in [1.165, 1.54) is 7.11 Å². The van der Waals surface area contributed by atoms with Crippen molar-refractivity contribution >= 4 is 17.5 Å². The standard InChI is InChI=1S/C7H10N2O3S/c1-12-6-3-5(13-9-6)4(8)2-7(10)11/h3-4H,2,8H2,1H3,(H,10,11). The average Bonchev–Trinajstić information content (AvgIpc) is 2.50. The Bertz CT molecular complexity index is 300. The normalized spacial score (nSPS) is 12.5. The van der Waals surface area contributed by atoms with E-state index in [0.717, 1.165) is 16.4 Å². The van der Waals surface area contributed by atoms with Gasteiger partial charge in [0.1, 0.15) is 0 Å². The lowest BCUT2D eigenvalue weighted by Crippen LogP contribution is -2.13. The van der Waals surface area contributed by atoms with Crippen LogP contribution in [0.2, 0.25) is 0 Å². The number of carboxylic acid groups (broad SMARTS) is 1. The summed E-state index contributed by atoms with van der Waals surface area (Å²) in [6.07, 6.45) is -0.0919. The zero-order chi connectivity index (χ0) is 9.84. The molecule has 0 aliphatic heterocycles. The van der Waals surface area contributed by atoms with Crippen LogP contribution in [0.1, 0.15) is 17.3 Å². The number of aromatic nitrogens is 1. The number of aliphatic carboxylic acids is 1. The van der Waals surface area contributed by atoms with Crippen molar-refractivity contribution in [3.05, 3.63) is 10.9 Å². The molecule has 13 heavy (non-hydrogen) atoms. The number of methoxy groups -OCH3 is 1. The van der Waals surface area contributed by atoms with E-state index in [2.05, 4.69) is 4.37 Å². The smallest absolute Gasteiger partial charge is 0.305 e. The van der Waals surface area contributed by atoms with Crippen molar-refractivity contribution in [2.45, 2.75) is 12.5 Å². The van der Waals surface area contributed by atoms with Gasteiger partial charge in [-0.1, -0.05) is 0 Å². The van der Waals surface area contributed by atoms with Gasteiger partial charge in [0.2, 0.25) is 5.88 Å². The maximum absolute atomic E-state index is 10.3. The minimum Gasteiger partial charge on any atom is -0.481 e. The summed E-state index contributed by atoms with van der Waals surface area (Å²) in [6.45, 7) is 0. The van der Waals surface area contributed by atoms with Crippen molar-refractivity contribution in [2.75, 3.05) is 7.11 Å². The van der Waals surface area contributed by atoms with Crippen molar-refractivity contribution < 1.29 is 14.6 Å². The first-order valence-electron chi connectivity index (χ1n) is 3.61. The van der Waals surface area contributed by atoms with Crippen LogP contribution < -0.4 is 10.5 Å². The van der Waals surface area contributed by atoms with Gasteiger partial charge in [-0.3, -0.25) is 4.79 Å². The molecule has 1 atom stereocenters. The topological polar surface area (TPSA) is 85.4 Å². The number of carboxylic acids is 1. The van der Waals surface area contributed by atoms with Crippen LogP contribution in [0, 0.1) is 0 Å². The molecule has 0 amide bonds. The molecule has 0 bridgehead atoms. The molecule has 0 saturated carbocycles. The Hall–Kier alpha value is -1.14. The van der Waals surface area contributed by atoms with Crippen molar-refractivity contribution in [3.8, 4) is 5.88 Å². The molecule has 0 aromatic carbocycles. The fraction of sp³-hybridized carbons (Fsp3) is 0.429. The zero-order valence-electron chi connectivity index (χ0n) is 7.06. The number of carbonyl (C=O) groups is 1. The van der Waals surface area contributed by atoms with Gasteiger partial charge in [0.15, 0.2) is 0 Å². The molecule has 1 aromatic rings. The van der Waals surface area contributed by atoms with Crippen LogP contribution in [0.4, 0.5) is 0 Å². The van der Waals surface area contributed by atoms with Crippen LogP contribution in [0.5, 0.6) is 5.88 Å². The van der Waals surface area contributed by atoms with Gasteiger partial charge >= 0.3 is 5.97 Å². The number of hydrogen-bond donors (Lipinski definition) is 2. The molecule has 1 heterocycles. The van der Waals surface area contributed by atoms with Crippen LogP contribution in [0.25, 0.3) is 0 Å². The van der Waals surface area contributed by atoms with E-state index in [0.29, 0.717) is 5.88 Å². The number of hydrogen-bond acceptors (Lipinski definition) is 5. The summed E-state index contributed by atoms with van der Waals surface area (Å²) in [6, 6.07) is 1.15. The van der Waals surface area contributed by atoms with Crippen molar-refractivity contribution in [3.63, 3.8) is 0 Å². The molecule has 6 heteroatoms. The van der Waals surface area contributed by atoms with E-state index in [1.807, 2.05) is 0 Å². The highest BCUT2D eigenvalue weighted by molar-refractivity contribution is 7.06. The molecular formula is C7H10N2O3S. The van der Waals surface area contributed by atoms with E-state index < -0.39 is 12.0 Å². The van der Waals surface area contributed by atoms with Crippen LogP contribution in [-0.2, 0) is 4.79 Å². The molecule has 1 rings (SSSR count). The average molecular weight is 202 g/mol. The first-order chi connectivity index (χ1) is 6.13. The van der Waals surface area contributed by atoms with Gasteiger partial charge in [0.05, 0.1) is 19.6 Å². The first kappa shape index (κ1) is 9.94. The predicted molar refractivity (Wildman–Crippen MR) is 47.8 cm³/mol. The molecule has 0 aliphatic rings. The Balaban J connectivity index is 2.65. The van der Waals surface area contributed by atoms with Gasteiger partial charge in [0.25, 0.3) is 0 Å². The van der Waals surface area contributed by atoms with Gasteiger partial charge in [-0.05, 0) is 11.5 Å². The van der Waals surface area contributed by atoms with E-state index in [9.17, 15) is 4.79 Å². The van der Waals surface area contributed by atoms with Gasteiger partial charge in [-0.15, -0.1) is 0 Å². The maximum atomic E-state index is 10.3. The number of nitrogens with zero attached hydrogens (tertiary/aromatic N) is 1. The summed E-state index contributed by atoms with van der Waals surface area (Å²) in [4.78, 5) is 11.1. The summed E-state index contributed by atoms with van der Waals surface area (Å²) < 4.78 is 8.76. The highest BCUT2D eigenvalue weighted by atomic mass is 32.1. The van der Waals surface area contributed by atoms with Gasteiger partial charge in [-0.25, -0.2) is 0 Å². The molecule has 0 radical (unpaired) electrons. The van der Waals surface area contributed by atoms with E-state index in [1.54, 1.807) is 6.07 Å². The van der Waals surface area contributed by atoms with E-state index >= 15 is 0 Å². The van der Waals surface area contributed by atoms with E-state index in [4.69, 9.17) is 15.6 Å². The molecule has 0 fully saturated rings. The second-order valence-electron chi connectivity index (χ2n) is 2.48. The molecule has 0 aliphatic carbocycles. The molecule has 0 saturated heterocycles. The summed E-state index contributed by atoms with van der Waals surface area (Å²) in [5, 5.41) is 8.48. The van der Waals surface area contributed by atoms with Crippen LogP contribution >= 0.6 is 11.5 Å². The van der Waals surface area contributed by atoms with E-state index in [-0.39, 0.29) is 6.42 Å².